The van der Waals surface area contributed by atoms with E-state index in [9.17, 15) is 9.59 Å². The Balaban J connectivity index is 1.68. The summed E-state index contributed by atoms with van der Waals surface area (Å²) in [7, 11) is 2.96. The fourth-order valence-corrected chi connectivity index (χ4v) is 3.35. The number of fused-ring (bicyclic) bond motifs is 1. The third-order valence-corrected chi connectivity index (χ3v) is 4.63. The smallest absolute Gasteiger partial charge is 0.273 e. The van der Waals surface area contributed by atoms with Crippen LogP contribution in [-0.4, -0.2) is 31.0 Å². The predicted molar refractivity (Wildman–Crippen MR) is 105 cm³/mol. The van der Waals surface area contributed by atoms with Gasteiger partial charge in [-0.15, -0.1) is 0 Å². The molecular weight excluding hydrogens is 414 g/mol. The van der Waals surface area contributed by atoms with E-state index in [2.05, 4.69) is 31.8 Å². The quantitative estimate of drug-likeness (QED) is 0.541. The van der Waals surface area contributed by atoms with Gasteiger partial charge in [-0.25, -0.2) is 0 Å². The molecular formula is C19H18BrN3O4. The van der Waals surface area contributed by atoms with Crippen LogP contribution in [0.1, 0.15) is 15.9 Å². The van der Waals surface area contributed by atoms with E-state index >= 15 is 0 Å². The minimum Gasteiger partial charge on any atom is -0.497 e. The Morgan fingerprint density at radius 2 is 1.89 bits per heavy atom. The van der Waals surface area contributed by atoms with E-state index in [0.717, 1.165) is 16.5 Å². The average Bonchev–Trinajstić information content (AvgIpc) is 3.08. The monoisotopic (exact) mass is 431 g/mol. The molecule has 7 nitrogen and oxygen atoms in total. The molecule has 3 N–H and O–H groups in total. The van der Waals surface area contributed by atoms with Crippen molar-refractivity contribution in [2.45, 2.75) is 6.42 Å². The van der Waals surface area contributed by atoms with Crippen molar-refractivity contribution < 1.29 is 19.1 Å². The largest absolute Gasteiger partial charge is 0.497 e. The molecule has 0 atom stereocenters. The Kier molecular flexibility index (Phi) is 5.66. The molecule has 3 rings (SSSR count). The Bertz CT molecular complexity index is 1000. The molecule has 0 saturated heterocycles. The lowest BCUT2D eigenvalue weighted by Gasteiger charge is -2.13. The number of methoxy groups -OCH3 is 2. The number of halogens is 1. The zero-order valence-electron chi connectivity index (χ0n) is 14.8. The third kappa shape index (κ3) is 4.06. The van der Waals surface area contributed by atoms with Gasteiger partial charge in [-0.05, 0) is 39.7 Å². The van der Waals surface area contributed by atoms with Crippen LogP contribution in [0.5, 0.6) is 11.5 Å². The summed E-state index contributed by atoms with van der Waals surface area (Å²) in [6.07, 6.45) is 1.91. The number of hydrazine groups is 1. The highest BCUT2D eigenvalue weighted by Crippen LogP contribution is 2.33. The first kappa shape index (κ1) is 18.8. The summed E-state index contributed by atoms with van der Waals surface area (Å²) >= 11 is 3.33. The Morgan fingerprint density at radius 1 is 1.11 bits per heavy atom. The first-order chi connectivity index (χ1) is 13.0. The van der Waals surface area contributed by atoms with Crippen LogP contribution >= 0.6 is 15.9 Å². The topological polar surface area (TPSA) is 92.4 Å². The molecule has 2 amide bonds. The number of hydrogen-bond acceptors (Lipinski definition) is 4. The lowest BCUT2D eigenvalue weighted by Crippen LogP contribution is -2.42. The van der Waals surface area contributed by atoms with Crippen molar-refractivity contribution in [3.8, 4) is 11.5 Å². The summed E-state index contributed by atoms with van der Waals surface area (Å²) in [5, 5.41) is 0.970. The van der Waals surface area contributed by atoms with Crippen molar-refractivity contribution in [3.05, 3.63) is 58.2 Å². The number of rotatable bonds is 5. The molecule has 140 valence electrons. The Hall–Kier alpha value is -3.00. The van der Waals surface area contributed by atoms with E-state index < -0.39 is 5.91 Å². The Labute approximate surface area is 164 Å². The van der Waals surface area contributed by atoms with Gasteiger partial charge in [-0.2, -0.15) is 0 Å². The van der Waals surface area contributed by atoms with Crippen LogP contribution in [0.3, 0.4) is 0 Å². The summed E-state index contributed by atoms with van der Waals surface area (Å²) < 4.78 is 11.0. The molecule has 0 fully saturated rings. The number of carbonyl (C=O) groups excluding carboxylic acids is 2. The molecule has 0 saturated carbocycles. The summed E-state index contributed by atoms with van der Waals surface area (Å²) in [6, 6.07) is 10.9. The minimum absolute atomic E-state index is 0.128. The molecule has 0 bridgehead atoms. The van der Waals surface area contributed by atoms with Crippen molar-refractivity contribution >= 4 is 38.6 Å². The molecule has 27 heavy (non-hydrogen) atoms. The van der Waals surface area contributed by atoms with Gasteiger partial charge in [0, 0.05) is 17.1 Å². The van der Waals surface area contributed by atoms with Crippen molar-refractivity contribution in [1.82, 2.24) is 15.8 Å². The summed E-state index contributed by atoms with van der Waals surface area (Å²) in [4.78, 5) is 27.8. The summed E-state index contributed by atoms with van der Waals surface area (Å²) in [5.41, 5.74) is 6.87. The third-order valence-electron chi connectivity index (χ3n) is 4.04. The second kappa shape index (κ2) is 8.13. The van der Waals surface area contributed by atoms with Crippen LogP contribution < -0.4 is 20.3 Å². The highest BCUT2D eigenvalue weighted by Gasteiger charge is 2.18. The normalized spacial score (nSPS) is 10.5. The van der Waals surface area contributed by atoms with E-state index in [-0.39, 0.29) is 17.9 Å². The predicted octanol–water partition coefficient (Wildman–Crippen LogP) is 2.95. The Morgan fingerprint density at radius 3 is 2.63 bits per heavy atom. The van der Waals surface area contributed by atoms with Gasteiger partial charge in [-0.1, -0.05) is 18.2 Å². The average molecular weight is 432 g/mol. The van der Waals surface area contributed by atoms with Gasteiger partial charge in [0.1, 0.15) is 11.5 Å². The lowest BCUT2D eigenvalue weighted by molar-refractivity contribution is -0.121. The van der Waals surface area contributed by atoms with Crippen LogP contribution in [0, 0.1) is 0 Å². The fourth-order valence-electron chi connectivity index (χ4n) is 2.75. The molecule has 1 aromatic heterocycles. The molecule has 2 aromatic carbocycles. The maximum Gasteiger partial charge on any atom is 0.273 e. The van der Waals surface area contributed by atoms with Crippen LogP contribution in [-0.2, 0) is 11.2 Å². The van der Waals surface area contributed by atoms with E-state index in [4.69, 9.17) is 9.47 Å². The van der Waals surface area contributed by atoms with Gasteiger partial charge in [0.15, 0.2) is 0 Å². The number of nitrogens with one attached hydrogen (secondary N) is 3. The van der Waals surface area contributed by atoms with Crippen molar-refractivity contribution in [2.75, 3.05) is 14.2 Å². The van der Waals surface area contributed by atoms with Gasteiger partial charge in [0.05, 0.1) is 30.7 Å². The first-order valence-electron chi connectivity index (χ1n) is 8.09. The van der Waals surface area contributed by atoms with E-state index in [1.54, 1.807) is 12.3 Å². The van der Waals surface area contributed by atoms with E-state index in [1.807, 2.05) is 24.3 Å². The minimum atomic E-state index is -0.515. The number of aromatic nitrogens is 1. The SMILES string of the molecule is COc1cc(Br)c(OC)c(C(=O)NNC(=O)Cc2c[nH]c3ccccc23)c1. The van der Waals surface area contributed by atoms with Gasteiger partial charge in [-0.3, -0.25) is 20.4 Å². The first-order valence-corrected chi connectivity index (χ1v) is 8.88. The highest BCUT2D eigenvalue weighted by atomic mass is 79.9. The van der Waals surface area contributed by atoms with E-state index in [0.29, 0.717) is 16.0 Å². The maximum atomic E-state index is 12.5. The summed E-state index contributed by atoms with van der Waals surface area (Å²) in [6.45, 7) is 0. The zero-order valence-corrected chi connectivity index (χ0v) is 16.3. The number of para-hydroxylation sites is 1. The van der Waals surface area contributed by atoms with Gasteiger partial charge >= 0.3 is 0 Å². The number of aromatic amines is 1. The molecule has 8 heteroatoms. The number of hydrogen-bond donors (Lipinski definition) is 3. The number of ether oxygens (including phenoxy) is 2. The number of amides is 2. The van der Waals surface area contributed by atoms with Gasteiger partial charge in [0.2, 0.25) is 5.91 Å². The molecule has 0 unspecified atom stereocenters. The van der Waals surface area contributed by atoms with Crippen LogP contribution in [0.4, 0.5) is 0 Å². The van der Waals surface area contributed by atoms with Crippen LogP contribution in [0.25, 0.3) is 10.9 Å². The number of carbonyl (C=O) groups is 2. The zero-order chi connectivity index (χ0) is 19.4. The molecule has 0 spiro atoms. The van der Waals surface area contributed by atoms with Crippen LogP contribution in [0.2, 0.25) is 0 Å². The second-order valence-corrected chi connectivity index (χ2v) is 6.58. The second-order valence-electron chi connectivity index (χ2n) is 5.73. The molecule has 0 radical (unpaired) electrons. The fraction of sp³-hybridized carbons (Fsp3) is 0.158. The lowest BCUT2D eigenvalue weighted by atomic mass is 10.1. The number of benzene rings is 2. The molecule has 3 aromatic rings. The highest BCUT2D eigenvalue weighted by molar-refractivity contribution is 9.10. The molecule has 0 aliphatic carbocycles. The van der Waals surface area contributed by atoms with Crippen LogP contribution in [0.15, 0.2) is 47.1 Å². The van der Waals surface area contributed by atoms with Crippen molar-refractivity contribution in [2.24, 2.45) is 0 Å². The van der Waals surface area contributed by atoms with Crippen molar-refractivity contribution in [3.63, 3.8) is 0 Å². The summed E-state index contributed by atoms with van der Waals surface area (Å²) in [5.74, 6) is -0.0233. The van der Waals surface area contributed by atoms with E-state index in [1.165, 1.54) is 20.3 Å². The molecule has 0 aliphatic rings. The number of H-pyrrole nitrogens is 1. The standard InChI is InChI=1S/C19H18BrN3O4/c1-26-12-8-14(18(27-2)15(20)9-12)19(25)23-22-17(24)7-11-10-21-16-6-4-3-5-13(11)16/h3-6,8-10,21H,7H2,1-2H3,(H,22,24)(H,23,25). The van der Waals surface area contributed by atoms with Gasteiger partial charge in [0.25, 0.3) is 5.91 Å². The molecule has 1 heterocycles. The van der Waals surface area contributed by atoms with Crippen molar-refractivity contribution in [1.29, 1.82) is 0 Å². The molecule has 0 aliphatic heterocycles. The van der Waals surface area contributed by atoms with Gasteiger partial charge < -0.3 is 14.5 Å². The maximum absolute atomic E-state index is 12.5.